The number of hydrogen-bond acceptors (Lipinski definition) is 0. The van der Waals surface area contributed by atoms with Crippen LogP contribution in [0.2, 0.25) is 0 Å². The van der Waals surface area contributed by atoms with Crippen molar-refractivity contribution in [1.82, 2.24) is 0 Å². The quantitative estimate of drug-likeness (QED) is 0.538. The molecule has 0 unspecified atom stereocenters. The second-order valence-electron chi connectivity index (χ2n) is 4.69. The molecule has 0 aliphatic carbocycles. The maximum atomic E-state index is 3.20. The van der Waals surface area contributed by atoms with Crippen molar-refractivity contribution in [3.05, 3.63) is 107 Å². The topological polar surface area (TPSA) is 0 Å². The average Bonchev–Trinajstić information content (AvgIpc) is 2.61. The van der Waals surface area contributed by atoms with Crippen LogP contribution in [0.5, 0.6) is 0 Å². The highest BCUT2D eigenvalue weighted by atomic mass is 14.0. The van der Waals surface area contributed by atoms with Crippen LogP contribution in [0.1, 0.15) is 22.3 Å². The fraction of sp³-hybridized carbons (Fsp3) is 0. The van der Waals surface area contributed by atoms with Crippen molar-refractivity contribution in [2.24, 2.45) is 0 Å². The molecule has 0 fully saturated rings. The molecule has 0 atom stereocenters. The molecule has 3 rings (SSSR count). The van der Waals surface area contributed by atoms with Crippen molar-refractivity contribution in [2.75, 3.05) is 0 Å². The Balaban J connectivity index is 1.92. The zero-order valence-electron chi connectivity index (χ0n) is 12.0. The van der Waals surface area contributed by atoms with Crippen molar-refractivity contribution < 1.29 is 0 Å². The van der Waals surface area contributed by atoms with E-state index < -0.39 is 0 Å². The molecule has 0 aliphatic heterocycles. The first kappa shape index (κ1) is 13.7. The van der Waals surface area contributed by atoms with Gasteiger partial charge < -0.3 is 0 Å². The molecule has 3 aromatic rings. The zero-order valence-corrected chi connectivity index (χ0v) is 12.0. The lowest BCUT2D eigenvalue weighted by Gasteiger charge is -1.95. The summed E-state index contributed by atoms with van der Waals surface area (Å²) in [7, 11) is 0. The molecular formula is C22H13. The highest BCUT2D eigenvalue weighted by molar-refractivity contribution is 5.54. The monoisotopic (exact) mass is 277 g/mol. The smallest absolute Gasteiger partial charge is 0.0405 e. The minimum Gasteiger partial charge on any atom is -0.0622 e. The highest BCUT2D eigenvalue weighted by Gasteiger charge is 1.94. The fourth-order valence-corrected chi connectivity index (χ4v) is 1.97. The predicted molar refractivity (Wildman–Crippen MR) is 90.1 cm³/mol. The molecule has 3 aromatic carbocycles. The van der Waals surface area contributed by atoms with Crippen molar-refractivity contribution in [2.45, 2.75) is 0 Å². The second-order valence-corrected chi connectivity index (χ2v) is 4.69. The van der Waals surface area contributed by atoms with Gasteiger partial charge in [0.2, 0.25) is 0 Å². The van der Waals surface area contributed by atoms with Crippen molar-refractivity contribution in [3.8, 4) is 23.7 Å². The molecule has 0 heterocycles. The van der Waals surface area contributed by atoms with Crippen molar-refractivity contribution >= 4 is 0 Å². The Hall–Kier alpha value is -3.22. The molecule has 0 amide bonds. The third-order valence-corrected chi connectivity index (χ3v) is 3.08. The van der Waals surface area contributed by atoms with Gasteiger partial charge in [-0.15, -0.1) is 0 Å². The summed E-state index contributed by atoms with van der Waals surface area (Å²) in [5.74, 6) is 12.7. The van der Waals surface area contributed by atoms with E-state index in [0.29, 0.717) is 0 Å². The lowest BCUT2D eigenvalue weighted by molar-refractivity contribution is 1.57. The number of benzene rings is 3. The lowest BCUT2D eigenvalue weighted by Crippen LogP contribution is -1.83. The first-order chi connectivity index (χ1) is 10.9. The molecule has 0 nitrogen and oxygen atoms in total. The van der Waals surface area contributed by atoms with Gasteiger partial charge in [0.05, 0.1) is 0 Å². The molecule has 0 N–H and O–H groups in total. The number of rotatable bonds is 0. The SMILES string of the molecule is C(#Cc1ccccc1C#Cc1ccccc1)c1[c]cccc1. The Morgan fingerprint density at radius 1 is 0.545 bits per heavy atom. The Labute approximate surface area is 131 Å². The summed E-state index contributed by atoms with van der Waals surface area (Å²) >= 11 is 0. The van der Waals surface area contributed by atoms with Crippen LogP contribution in [0, 0.1) is 29.7 Å². The van der Waals surface area contributed by atoms with Gasteiger partial charge in [-0.25, -0.2) is 0 Å². The van der Waals surface area contributed by atoms with Crippen LogP contribution in [-0.2, 0) is 0 Å². The molecule has 0 heteroatoms. The Bertz CT molecular complexity index is 791. The standard InChI is InChI=1S/C22H13/c1-3-9-19(10-4-1)15-17-21-13-7-8-14-22(21)18-16-20-11-5-2-6-12-20/h1-11,13-14H. The maximum Gasteiger partial charge on any atom is 0.0405 e. The van der Waals surface area contributed by atoms with Crippen molar-refractivity contribution in [1.29, 1.82) is 0 Å². The van der Waals surface area contributed by atoms with Gasteiger partial charge >= 0.3 is 0 Å². The van der Waals surface area contributed by atoms with Crippen LogP contribution in [0.25, 0.3) is 0 Å². The van der Waals surface area contributed by atoms with E-state index in [4.69, 9.17) is 0 Å². The van der Waals surface area contributed by atoms with Gasteiger partial charge in [0.15, 0.2) is 0 Å². The van der Waals surface area contributed by atoms with E-state index >= 15 is 0 Å². The molecule has 101 valence electrons. The van der Waals surface area contributed by atoms with E-state index in [2.05, 4.69) is 29.7 Å². The molecule has 0 aliphatic rings. The minimum atomic E-state index is 0.883. The third-order valence-electron chi connectivity index (χ3n) is 3.08. The van der Waals surface area contributed by atoms with Crippen LogP contribution in [0.15, 0.2) is 78.9 Å². The van der Waals surface area contributed by atoms with Gasteiger partial charge in [-0.3, -0.25) is 0 Å². The van der Waals surface area contributed by atoms with E-state index in [-0.39, 0.29) is 0 Å². The van der Waals surface area contributed by atoms with E-state index in [0.717, 1.165) is 22.3 Å². The summed E-state index contributed by atoms with van der Waals surface area (Å²) in [6, 6.07) is 28.7. The van der Waals surface area contributed by atoms with Gasteiger partial charge in [-0.2, -0.15) is 0 Å². The van der Waals surface area contributed by atoms with Crippen LogP contribution < -0.4 is 0 Å². The molecule has 1 radical (unpaired) electrons. The summed E-state index contributed by atoms with van der Waals surface area (Å²) in [6.45, 7) is 0. The Morgan fingerprint density at radius 3 is 1.86 bits per heavy atom. The highest BCUT2D eigenvalue weighted by Crippen LogP contribution is 2.07. The van der Waals surface area contributed by atoms with E-state index in [9.17, 15) is 0 Å². The summed E-state index contributed by atoms with van der Waals surface area (Å²) in [5, 5.41) is 0. The largest absolute Gasteiger partial charge is 0.0622 e. The van der Waals surface area contributed by atoms with E-state index in [1.165, 1.54) is 0 Å². The van der Waals surface area contributed by atoms with Gasteiger partial charge in [0.1, 0.15) is 0 Å². The molecule has 0 aromatic heterocycles. The molecule has 0 saturated heterocycles. The van der Waals surface area contributed by atoms with E-state index in [1.807, 2.05) is 78.9 Å². The van der Waals surface area contributed by atoms with Crippen molar-refractivity contribution in [3.63, 3.8) is 0 Å². The fourth-order valence-electron chi connectivity index (χ4n) is 1.97. The first-order valence-corrected chi connectivity index (χ1v) is 7.07. The van der Waals surface area contributed by atoms with Crippen LogP contribution in [-0.4, -0.2) is 0 Å². The molecule has 0 bridgehead atoms. The summed E-state index contributed by atoms with van der Waals surface area (Å²) in [6.07, 6.45) is 0. The lowest BCUT2D eigenvalue weighted by atomic mass is 10.1. The summed E-state index contributed by atoms with van der Waals surface area (Å²) < 4.78 is 0. The normalized spacial score (nSPS) is 9.09. The Morgan fingerprint density at radius 2 is 1.18 bits per heavy atom. The predicted octanol–water partition coefficient (Wildman–Crippen LogP) is 4.29. The number of hydrogen-bond donors (Lipinski definition) is 0. The van der Waals surface area contributed by atoms with Crippen LogP contribution in [0.3, 0.4) is 0 Å². The Kier molecular flexibility index (Phi) is 4.36. The van der Waals surface area contributed by atoms with Crippen LogP contribution in [0.4, 0.5) is 0 Å². The van der Waals surface area contributed by atoms with Gasteiger partial charge in [-0.05, 0) is 36.4 Å². The molecule has 0 saturated carbocycles. The van der Waals surface area contributed by atoms with E-state index in [1.54, 1.807) is 0 Å². The third kappa shape index (κ3) is 3.66. The second kappa shape index (κ2) is 6.98. The average molecular weight is 277 g/mol. The maximum absolute atomic E-state index is 3.20. The first-order valence-electron chi connectivity index (χ1n) is 7.07. The van der Waals surface area contributed by atoms with Crippen LogP contribution >= 0.6 is 0 Å². The zero-order chi connectivity index (χ0) is 15.0. The minimum absolute atomic E-state index is 0.883. The molecule has 0 spiro atoms. The molecular weight excluding hydrogens is 264 g/mol. The van der Waals surface area contributed by atoms with Gasteiger partial charge in [0.25, 0.3) is 0 Å². The summed E-state index contributed by atoms with van der Waals surface area (Å²) in [4.78, 5) is 0. The summed E-state index contributed by atoms with van der Waals surface area (Å²) in [5.41, 5.74) is 3.76. The van der Waals surface area contributed by atoms with Gasteiger partial charge in [-0.1, -0.05) is 72.2 Å². The van der Waals surface area contributed by atoms with Gasteiger partial charge in [0, 0.05) is 22.3 Å². The molecule has 22 heavy (non-hydrogen) atoms.